The predicted molar refractivity (Wildman–Crippen MR) is 70.6 cm³/mol. The number of hydrogen-bond donors (Lipinski definition) is 1. The number of hydrogen-bond acceptors (Lipinski definition) is 3. The number of nitrogen functional groups attached to an aromatic ring is 1. The van der Waals surface area contributed by atoms with Gasteiger partial charge in [0, 0.05) is 11.8 Å². The second kappa shape index (κ2) is 4.95. The van der Waals surface area contributed by atoms with Crippen LogP contribution in [-0.4, -0.2) is 9.97 Å². The van der Waals surface area contributed by atoms with Gasteiger partial charge in [-0.15, -0.1) is 0 Å². The summed E-state index contributed by atoms with van der Waals surface area (Å²) in [6.45, 7) is 4.30. The Labute approximate surface area is 102 Å². The molecule has 17 heavy (non-hydrogen) atoms. The van der Waals surface area contributed by atoms with Crippen molar-refractivity contribution in [3.05, 3.63) is 41.6 Å². The lowest BCUT2D eigenvalue weighted by atomic mass is 9.98. The fourth-order valence-electron chi connectivity index (χ4n) is 1.91. The van der Waals surface area contributed by atoms with Gasteiger partial charge in [0.25, 0.3) is 0 Å². The molecule has 0 atom stereocenters. The van der Waals surface area contributed by atoms with Crippen LogP contribution in [0.1, 0.15) is 25.0 Å². The lowest BCUT2D eigenvalue weighted by Crippen LogP contribution is -1.98. The molecule has 1 heterocycles. The molecule has 0 fully saturated rings. The average molecular weight is 227 g/mol. The van der Waals surface area contributed by atoms with Crippen LogP contribution in [0.2, 0.25) is 0 Å². The third kappa shape index (κ3) is 2.44. The fraction of sp³-hybridized carbons (Fsp3) is 0.286. The first-order valence-corrected chi connectivity index (χ1v) is 5.95. The van der Waals surface area contributed by atoms with Crippen LogP contribution in [0.4, 0.5) is 5.95 Å². The maximum Gasteiger partial charge on any atom is 0.220 e. The van der Waals surface area contributed by atoms with Gasteiger partial charge in [-0.3, -0.25) is 0 Å². The number of rotatable bonds is 3. The highest BCUT2D eigenvalue weighted by Crippen LogP contribution is 2.24. The third-order valence-corrected chi connectivity index (χ3v) is 2.91. The predicted octanol–water partition coefficient (Wildman–Crippen LogP) is 2.85. The Morgan fingerprint density at radius 2 is 1.94 bits per heavy atom. The number of nitrogens with two attached hydrogens (primary N) is 1. The Morgan fingerprint density at radius 1 is 1.12 bits per heavy atom. The van der Waals surface area contributed by atoms with Crippen molar-refractivity contribution in [2.24, 2.45) is 0 Å². The summed E-state index contributed by atoms with van der Waals surface area (Å²) in [6.07, 6.45) is 3.72. The molecule has 0 unspecified atom stereocenters. The largest absolute Gasteiger partial charge is 0.368 e. The summed E-state index contributed by atoms with van der Waals surface area (Å²) in [6, 6.07) is 8.45. The molecular weight excluding hydrogens is 210 g/mol. The summed E-state index contributed by atoms with van der Waals surface area (Å²) in [4.78, 5) is 8.22. The maximum absolute atomic E-state index is 5.64. The van der Waals surface area contributed by atoms with Crippen molar-refractivity contribution in [3.63, 3.8) is 0 Å². The Hall–Kier alpha value is -1.90. The summed E-state index contributed by atoms with van der Waals surface area (Å²) in [5, 5.41) is 0. The summed E-state index contributed by atoms with van der Waals surface area (Å²) in [5.41, 5.74) is 10.3. The minimum atomic E-state index is 0.325. The first-order chi connectivity index (χ1) is 8.24. The van der Waals surface area contributed by atoms with E-state index in [4.69, 9.17) is 5.73 Å². The highest BCUT2D eigenvalue weighted by atomic mass is 15.0. The van der Waals surface area contributed by atoms with Crippen molar-refractivity contribution in [1.82, 2.24) is 9.97 Å². The number of aromatic nitrogens is 2. The summed E-state index contributed by atoms with van der Waals surface area (Å²) >= 11 is 0. The van der Waals surface area contributed by atoms with E-state index in [9.17, 15) is 0 Å². The van der Waals surface area contributed by atoms with Gasteiger partial charge in [0.05, 0.1) is 5.69 Å². The number of anilines is 1. The van der Waals surface area contributed by atoms with Crippen LogP contribution in [0.15, 0.2) is 30.5 Å². The van der Waals surface area contributed by atoms with Gasteiger partial charge in [0.1, 0.15) is 0 Å². The van der Waals surface area contributed by atoms with Crippen molar-refractivity contribution in [2.45, 2.75) is 26.7 Å². The molecule has 0 saturated carbocycles. The molecule has 0 radical (unpaired) electrons. The molecule has 1 aromatic heterocycles. The zero-order chi connectivity index (χ0) is 12.3. The Bertz CT molecular complexity index is 521. The Morgan fingerprint density at radius 3 is 2.59 bits per heavy atom. The zero-order valence-corrected chi connectivity index (χ0v) is 10.3. The van der Waals surface area contributed by atoms with Gasteiger partial charge in [-0.25, -0.2) is 9.97 Å². The Balaban J connectivity index is 2.56. The first-order valence-electron chi connectivity index (χ1n) is 5.95. The van der Waals surface area contributed by atoms with Gasteiger partial charge in [-0.05, 0) is 36.1 Å². The second-order valence-corrected chi connectivity index (χ2v) is 4.00. The molecule has 0 aliphatic heterocycles. The fourth-order valence-corrected chi connectivity index (χ4v) is 1.91. The standard InChI is InChI=1S/C14H17N3/c1-3-10-5-6-11(4-2)12(9-10)13-7-8-16-14(15)17-13/h5-9H,3-4H2,1-2H3,(H2,15,16,17). The highest BCUT2D eigenvalue weighted by Gasteiger charge is 2.06. The van der Waals surface area contributed by atoms with E-state index in [0.29, 0.717) is 5.95 Å². The minimum absolute atomic E-state index is 0.325. The number of aryl methyl sites for hydroxylation is 2. The van der Waals surface area contributed by atoms with Crippen molar-refractivity contribution in [3.8, 4) is 11.3 Å². The van der Waals surface area contributed by atoms with Crippen LogP contribution < -0.4 is 5.73 Å². The van der Waals surface area contributed by atoms with Crippen molar-refractivity contribution < 1.29 is 0 Å². The molecule has 2 aromatic rings. The van der Waals surface area contributed by atoms with E-state index in [1.807, 2.05) is 6.07 Å². The van der Waals surface area contributed by atoms with Gasteiger partial charge in [0.2, 0.25) is 5.95 Å². The summed E-state index contributed by atoms with van der Waals surface area (Å²) in [7, 11) is 0. The van der Waals surface area contributed by atoms with Gasteiger partial charge < -0.3 is 5.73 Å². The maximum atomic E-state index is 5.64. The smallest absolute Gasteiger partial charge is 0.220 e. The molecule has 3 heteroatoms. The van der Waals surface area contributed by atoms with Crippen LogP contribution >= 0.6 is 0 Å². The van der Waals surface area contributed by atoms with Crippen LogP contribution in [0.25, 0.3) is 11.3 Å². The van der Waals surface area contributed by atoms with E-state index in [0.717, 1.165) is 18.5 Å². The lowest BCUT2D eigenvalue weighted by Gasteiger charge is -2.09. The molecule has 1 aromatic carbocycles. The first kappa shape index (κ1) is 11.6. The van der Waals surface area contributed by atoms with E-state index >= 15 is 0 Å². The quantitative estimate of drug-likeness (QED) is 0.877. The third-order valence-electron chi connectivity index (χ3n) is 2.91. The molecule has 0 aliphatic rings. The van der Waals surface area contributed by atoms with Crippen molar-refractivity contribution in [1.29, 1.82) is 0 Å². The number of nitrogens with zero attached hydrogens (tertiary/aromatic N) is 2. The topological polar surface area (TPSA) is 51.8 Å². The van der Waals surface area contributed by atoms with Crippen LogP contribution in [0, 0.1) is 0 Å². The van der Waals surface area contributed by atoms with E-state index in [2.05, 4.69) is 42.0 Å². The molecule has 0 saturated heterocycles. The van der Waals surface area contributed by atoms with E-state index in [1.165, 1.54) is 16.7 Å². The second-order valence-electron chi connectivity index (χ2n) is 4.00. The molecule has 2 N–H and O–H groups in total. The van der Waals surface area contributed by atoms with E-state index < -0.39 is 0 Å². The lowest BCUT2D eigenvalue weighted by molar-refractivity contribution is 1.09. The molecular formula is C14H17N3. The zero-order valence-electron chi connectivity index (χ0n) is 10.3. The summed E-state index contributed by atoms with van der Waals surface area (Å²) < 4.78 is 0. The monoisotopic (exact) mass is 227 g/mol. The molecule has 0 bridgehead atoms. The van der Waals surface area contributed by atoms with Crippen molar-refractivity contribution >= 4 is 5.95 Å². The van der Waals surface area contributed by atoms with Gasteiger partial charge in [-0.1, -0.05) is 26.0 Å². The van der Waals surface area contributed by atoms with Gasteiger partial charge >= 0.3 is 0 Å². The SMILES string of the molecule is CCc1ccc(CC)c(-c2ccnc(N)n2)c1. The minimum Gasteiger partial charge on any atom is -0.368 e. The normalized spacial score (nSPS) is 10.5. The molecule has 3 nitrogen and oxygen atoms in total. The van der Waals surface area contributed by atoms with E-state index in [-0.39, 0.29) is 0 Å². The van der Waals surface area contributed by atoms with Gasteiger partial charge in [0.15, 0.2) is 0 Å². The molecule has 0 amide bonds. The number of benzene rings is 1. The molecule has 0 spiro atoms. The molecule has 2 rings (SSSR count). The van der Waals surface area contributed by atoms with Crippen LogP contribution in [-0.2, 0) is 12.8 Å². The van der Waals surface area contributed by atoms with Crippen molar-refractivity contribution in [2.75, 3.05) is 5.73 Å². The highest BCUT2D eigenvalue weighted by molar-refractivity contribution is 5.65. The molecule has 88 valence electrons. The Kier molecular flexibility index (Phi) is 3.38. The van der Waals surface area contributed by atoms with Crippen LogP contribution in [0.5, 0.6) is 0 Å². The average Bonchev–Trinajstić information content (AvgIpc) is 2.38. The van der Waals surface area contributed by atoms with E-state index in [1.54, 1.807) is 6.20 Å². The van der Waals surface area contributed by atoms with Gasteiger partial charge in [-0.2, -0.15) is 0 Å². The molecule has 0 aliphatic carbocycles. The summed E-state index contributed by atoms with van der Waals surface area (Å²) in [5.74, 6) is 0.325. The van der Waals surface area contributed by atoms with Crippen LogP contribution in [0.3, 0.4) is 0 Å².